The van der Waals surface area contributed by atoms with Crippen molar-refractivity contribution in [1.82, 2.24) is 10.6 Å². The zero-order chi connectivity index (χ0) is 25.6. The molecule has 1 unspecified atom stereocenters. The van der Waals surface area contributed by atoms with Crippen LogP contribution in [0.25, 0.3) is 11.1 Å². The van der Waals surface area contributed by atoms with Gasteiger partial charge in [-0.05, 0) is 28.7 Å². The molecule has 0 aromatic heterocycles. The highest BCUT2D eigenvalue weighted by molar-refractivity contribution is 5.86. The summed E-state index contributed by atoms with van der Waals surface area (Å²) in [5.74, 6) is -2.61. The van der Waals surface area contributed by atoms with Crippen LogP contribution < -0.4 is 10.6 Å². The van der Waals surface area contributed by atoms with E-state index in [4.69, 9.17) is 9.84 Å². The highest BCUT2D eigenvalue weighted by Crippen LogP contribution is 2.44. The molecule has 0 heterocycles. The highest BCUT2D eigenvalue weighted by Gasteiger charge is 2.37. The second kappa shape index (κ2) is 11.2. The van der Waals surface area contributed by atoms with Gasteiger partial charge < -0.3 is 20.5 Å². The second-order valence-corrected chi connectivity index (χ2v) is 8.43. The van der Waals surface area contributed by atoms with Crippen molar-refractivity contribution in [3.05, 3.63) is 59.7 Å². The Bertz CT molecular complexity index is 1030. The molecule has 188 valence electrons. The zero-order valence-corrected chi connectivity index (χ0v) is 19.1. The molecule has 1 aliphatic carbocycles. The van der Waals surface area contributed by atoms with Gasteiger partial charge in [-0.3, -0.25) is 9.59 Å². The molecular formula is C25H27F3N2O5. The Morgan fingerprint density at radius 2 is 1.57 bits per heavy atom. The average Bonchev–Trinajstić information content (AvgIpc) is 3.10. The van der Waals surface area contributed by atoms with Crippen LogP contribution in [0.3, 0.4) is 0 Å². The molecule has 0 saturated carbocycles. The number of carbonyl (C=O) groups excluding carboxylic acids is 2. The van der Waals surface area contributed by atoms with E-state index >= 15 is 0 Å². The summed E-state index contributed by atoms with van der Waals surface area (Å²) in [6, 6.07) is 12.4. The van der Waals surface area contributed by atoms with Crippen LogP contribution in [0, 0.1) is 0 Å². The molecule has 0 bridgehead atoms. The van der Waals surface area contributed by atoms with E-state index in [-0.39, 0.29) is 18.9 Å². The zero-order valence-electron chi connectivity index (χ0n) is 19.1. The Morgan fingerprint density at radius 3 is 2.09 bits per heavy atom. The van der Waals surface area contributed by atoms with Crippen LogP contribution in [0.4, 0.5) is 18.0 Å². The van der Waals surface area contributed by atoms with E-state index in [1.54, 1.807) is 6.92 Å². The largest absolute Gasteiger partial charge is 0.481 e. The molecule has 2 amide bonds. The van der Waals surface area contributed by atoms with Gasteiger partial charge >= 0.3 is 18.2 Å². The van der Waals surface area contributed by atoms with Crippen LogP contribution in [-0.2, 0) is 14.3 Å². The maximum atomic E-state index is 13.1. The molecule has 0 aliphatic heterocycles. The van der Waals surface area contributed by atoms with Gasteiger partial charge in [0.15, 0.2) is 0 Å². The number of fused-ring (bicyclic) bond motifs is 3. The second-order valence-electron chi connectivity index (χ2n) is 8.43. The van der Waals surface area contributed by atoms with E-state index in [1.165, 1.54) is 0 Å². The van der Waals surface area contributed by atoms with E-state index in [0.29, 0.717) is 6.42 Å². The number of hydrogen-bond donors (Lipinski definition) is 3. The molecule has 0 saturated heterocycles. The molecule has 3 N–H and O–H groups in total. The lowest BCUT2D eigenvalue weighted by atomic mass is 9.98. The number of nitrogens with one attached hydrogen (secondary N) is 2. The van der Waals surface area contributed by atoms with E-state index in [2.05, 4.69) is 5.32 Å². The first-order valence-electron chi connectivity index (χ1n) is 11.3. The molecule has 0 fully saturated rings. The standard InChI is InChI=1S/C25H27F3N2O5/c1-2-7-15(12-22(31)32)29-23(33)21(13-25(26,27)28)30-24(34)35-14-20-18-10-5-3-8-16(18)17-9-4-6-11-19(17)20/h3-6,8-11,15,20-21H,2,7,12-14H2,1H3,(H,29,33)(H,30,34)(H,31,32)/t15-,21?/m1/s1. The Morgan fingerprint density at radius 1 is 1.00 bits per heavy atom. The maximum absolute atomic E-state index is 13.1. The van der Waals surface area contributed by atoms with Gasteiger partial charge in [-0.2, -0.15) is 13.2 Å². The molecule has 0 spiro atoms. The molecule has 3 rings (SSSR count). The summed E-state index contributed by atoms with van der Waals surface area (Å²) in [6.45, 7) is 1.63. The minimum atomic E-state index is -4.74. The third kappa shape index (κ3) is 6.97. The first kappa shape index (κ1) is 26.1. The Balaban J connectivity index is 1.68. The Labute approximate surface area is 200 Å². The van der Waals surface area contributed by atoms with Crippen molar-refractivity contribution in [1.29, 1.82) is 0 Å². The highest BCUT2D eigenvalue weighted by atomic mass is 19.4. The van der Waals surface area contributed by atoms with Gasteiger partial charge in [0, 0.05) is 12.0 Å². The lowest BCUT2D eigenvalue weighted by Gasteiger charge is -2.23. The van der Waals surface area contributed by atoms with Gasteiger partial charge in [-0.1, -0.05) is 61.9 Å². The van der Waals surface area contributed by atoms with Crippen LogP contribution in [0.15, 0.2) is 48.5 Å². The Hall–Kier alpha value is -3.56. The van der Waals surface area contributed by atoms with Crippen molar-refractivity contribution in [3.8, 4) is 11.1 Å². The molecular weight excluding hydrogens is 465 g/mol. The summed E-state index contributed by atoms with van der Waals surface area (Å²) in [4.78, 5) is 36.0. The summed E-state index contributed by atoms with van der Waals surface area (Å²) in [6.07, 6.45) is -7.19. The van der Waals surface area contributed by atoms with Crippen molar-refractivity contribution in [2.75, 3.05) is 6.61 Å². The van der Waals surface area contributed by atoms with Crippen molar-refractivity contribution >= 4 is 18.0 Å². The number of carbonyl (C=O) groups is 3. The van der Waals surface area contributed by atoms with E-state index in [0.717, 1.165) is 22.3 Å². The summed E-state index contributed by atoms with van der Waals surface area (Å²) in [5, 5.41) is 13.3. The molecule has 2 aromatic rings. The molecule has 10 heteroatoms. The normalized spacial score (nSPS) is 14.4. The number of amides is 2. The minimum absolute atomic E-state index is 0.127. The number of rotatable bonds is 10. The van der Waals surface area contributed by atoms with Gasteiger partial charge in [-0.15, -0.1) is 0 Å². The van der Waals surface area contributed by atoms with E-state index in [9.17, 15) is 27.6 Å². The van der Waals surface area contributed by atoms with Crippen LogP contribution in [0.5, 0.6) is 0 Å². The van der Waals surface area contributed by atoms with Gasteiger partial charge in [0.2, 0.25) is 5.91 Å². The fourth-order valence-corrected chi connectivity index (χ4v) is 4.31. The summed E-state index contributed by atoms with van der Waals surface area (Å²) in [5.41, 5.74) is 3.85. The van der Waals surface area contributed by atoms with E-state index in [1.807, 2.05) is 53.8 Å². The lowest BCUT2D eigenvalue weighted by Crippen LogP contribution is -2.51. The number of carboxylic acid groups (broad SMARTS) is 1. The molecule has 1 aliphatic rings. The number of aliphatic carboxylic acids is 1. The maximum Gasteiger partial charge on any atom is 0.407 e. The van der Waals surface area contributed by atoms with Crippen LogP contribution in [0.1, 0.15) is 49.7 Å². The smallest absolute Gasteiger partial charge is 0.407 e. The van der Waals surface area contributed by atoms with Gasteiger partial charge in [-0.25, -0.2) is 4.79 Å². The molecule has 7 nitrogen and oxygen atoms in total. The first-order valence-corrected chi connectivity index (χ1v) is 11.3. The fraction of sp³-hybridized carbons (Fsp3) is 0.400. The molecule has 0 radical (unpaired) electrons. The van der Waals surface area contributed by atoms with Gasteiger partial charge in [0.25, 0.3) is 0 Å². The third-order valence-corrected chi connectivity index (χ3v) is 5.79. The number of hydrogen-bond acceptors (Lipinski definition) is 4. The summed E-state index contributed by atoms with van der Waals surface area (Å²) in [7, 11) is 0. The average molecular weight is 492 g/mol. The molecule has 2 atom stereocenters. The topological polar surface area (TPSA) is 105 Å². The fourth-order valence-electron chi connectivity index (χ4n) is 4.31. The molecule has 35 heavy (non-hydrogen) atoms. The number of alkyl carbamates (subject to hydrolysis) is 1. The monoisotopic (exact) mass is 492 g/mol. The van der Waals surface area contributed by atoms with Crippen molar-refractivity contribution in [3.63, 3.8) is 0 Å². The lowest BCUT2D eigenvalue weighted by molar-refractivity contribution is -0.149. The number of alkyl halides is 3. The predicted octanol–water partition coefficient (Wildman–Crippen LogP) is 4.61. The first-order chi connectivity index (χ1) is 16.6. The van der Waals surface area contributed by atoms with Crippen LogP contribution in [-0.4, -0.2) is 47.9 Å². The molecule has 2 aromatic carbocycles. The number of benzene rings is 2. The van der Waals surface area contributed by atoms with Crippen LogP contribution >= 0.6 is 0 Å². The third-order valence-electron chi connectivity index (χ3n) is 5.79. The quantitative estimate of drug-likeness (QED) is 0.450. The van der Waals surface area contributed by atoms with Gasteiger partial charge in [0.05, 0.1) is 12.8 Å². The van der Waals surface area contributed by atoms with Crippen LogP contribution in [0.2, 0.25) is 0 Å². The van der Waals surface area contributed by atoms with Crippen molar-refractivity contribution in [2.45, 2.75) is 56.8 Å². The number of carboxylic acids is 1. The predicted molar refractivity (Wildman–Crippen MR) is 122 cm³/mol. The van der Waals surface area contributed by atoms with E-state index < -0.39 is 49.1 Å². The number of ether oxygens (including phenoxy) is 1. The summed E-state index contributed by atoms with van der Waals surface area (Å²) < 4.78 is 44.6. The number of halogens is 3. The van der Waals surface area contributed by atoms with Crippen molar-refractivity contribution in [2.24, 2.45) is 0 Å². The summed E-state index contributed by atoms with van der Waals surface area (Å²) >= 11 is 0. The van der Waals surface area contributed by atoms with Crippen molar-refractivity contribution < 1.29 is 37.4 Å². The Kier molecular flexibility index (Phi) is 8.37. The SMILES string of the molecule is CCC[C@H](CC(=O)O)NC(=O)C(CC(F)(F)F)NC(=O)OCC1c2ccccc2-c2ccccc21. The minimum Gasteiger partial charge on any atom is -0.481 e. The van der Waals surface area contributed by atoms with Gasteiger partial charge in [0.1, 0.15) is 12.6 Å².